The number of benzene rings is 2. The highest BCUT2D eigenvalue weighted by Crippen LogP contribution is 2.32. The van der Waals surface area contributed by atoms with E-state index < -0.39 is 5.97 Å². The molecule has 0 heterocycles. The summed E-state index contributed by atoms with van der Waals surface area (Å²) in [5, 5.41) is 19.2. The van der Waals surface area contributed by atoms with E-state index in [0.717, 1.165) is 0 Å². The predicted molar refractivity (Wildman–Crippen MR) is 89.7 cm³/mol. The minimum absolute atomic E-state index is 0.0161. The molecule has 0 fully saturated rings. The Morgan fingerprint density at radius 2 is 1.58 bits per heavy atom. The van der Waals surface area contributed by atoms with E-state index in [1.165, 1.54) is 33.5 Å². The van der Waals surface area contributed by atoms with Crippen molar-refractivity contribution in [1.82, 2.24) is 0 Å². The summed E-state index contributed by atoms with van der Waals surface area (Å²) in [5.41, 5.74) is 1.12. The van der Waals surface area contributed by atoms with Gasteiger partial charge >= 0.3 is 5.97 Å². The number of ether oxygens (including phenoxy) is 3. The highest BCUT2D eigenvalue weighted by molar-refractivity contribution is 6.20. The van der Waals surface area contributed by atoms with Crippen molar-refractivity contribution in [2.24, 2.45) is 0 Å². The molecule has 0 bridgehead atoms. The summed E-state index contributed by atoms with van der Waals surface area (Å²) in [6.07, 6.45) is 1.49. The van der Waals surface area contributed by atoms with Crippen LogP contribution in [0.1, 0.15) is 11.1 Å². The average Bonchev–Trinajstić information content (AvgIpc) is 2.60. The predicted octanol–water partition coefficient (Wildman–Crippen LogP) is 3.04. The van der Waals surface area contributed by atoms with E-state index in [9.17, 15) is 15.0 Å². The molecule has 2 aromatic carbocycles. The topological polar surface area (TPSA) is 85.2 Å². The maximum absolute atomic E-state index is 11.7. The first kappa shape index (κ1) is 17.2. The second-order valence-electron chi connectivity index (χ2n) is 4.86. The number of aliphatic carboxylic acids is 1. The Bertz CT molecular complexity index is 779. The second kappa shape index (κ2) is 7.41. The van der Waals surface area contributed by atoms with Crippen LogP contribution in [0.15, 0.2) is 36.4 Å². The molecule has 0 amide bonds. The molecule has 0 spiro atoms. The first-order chi connectivity index (χ1) is 11.5. The zero-order chi connectivity index (χ0) is 17.7. The van der Waals surface area contributed by atoms with Crippen molar-refractivity contribution in [1.29, 1.82) is 0 Å². The summed E-state index contributed by atoms with van der Waals surface area (Å²) < 4.78 is 15.4. The number of rotatable bonds is 6. The monoisotopic (exact) mass is 330 g/mol. The lowest BCUT2D eigenvalue weighted by molar-refractivity contribution is -0.130. The molecule has 126 valence electrons. The van der Waals surface area contributed by atoms with Crippen molar-refractivity contribution in [3.8, 4) is 23.0 Å². The van der Waals surface area contributed by atoms with Crippen molar-refractivity contribution < 1.29 is 29.2 Å². The Labute approximate surface area is 139 Å². The molecule has 2 rings (SSSR count). The van der Waals surface area contributed by atoms with Crippen LogP contribution in [0.3, 0.4) is 0 Å². The highest BCUT2D eigenvalue weighted by Gasteiger charge is 2.14. The Kier molecular flexibility index (Phi) is 5.31. The van der Waals surface area contributed by atoms with Gasteiger partial charge in [0.05, 0.1) is 26.9 Å². The highest BCUT2D eigenvalue weighted by atomic mass is 16.5. The van der Waals surface area contributed by atoms with Gasteiger partial charge in [0.1, 0.15) is 0 Å². The molecule has 0 unspecified atom stereocenters. The van der Waals surface area contributed by atoms with E-state index in [1.807, 2.05) is 0 Å². The van der Waals surface area contributed by atoms with Crippen LogP contribution in [0.25, 0.3) is 11.6 Å². The fourth-order valence-electron chi connectivity index (χ4n) is 2.22. The standard InChI is InChI=1S/C18H18O6/c1-22-15-7-5-12(10-17(15)24-3)13(18(20)21)8-11-4-6-14(19)16(9-11)23-2/h4-10,19H,1-3H3,(H,20,21)/b13-8-. The van der Waals surface area contributed by atoms with Crippen LogP contribution in [-0.4, -0.2) is 37.5 Å². The quantitative estimate of drug-likeness (QED) is 0.625. The Morgan fingerprint density at radius 3 is 2.17 bits per heavy atom. The van der Waals surface area contributed by atoms with Crippen LogP contribution >= 0.6 is 0 Å². The third-order valence-corrected chi connectivity index (χ3v) is 3.44. The van der Waals surface area contributed by atoms with Crippen LogP contribution in [0.2, 0.25) is 0 Å². The minimum atomic E-state index is -1.09. The van der Waals surface area contributed by atoms with Gasteiger partial charge in [0, 0.05) is 0 Å². The number of methoxy groups -OCH3 is 3. The molecular weight excluding hydrogens is 312 g/mol. The molecule has 0 aromatic heterocycles. The van der Waals surface area contributed by atoms with Gasteiger partial charge in [-0.05, 0) is 41.5 Å². The van der Waals surface area contributed by atoms with E-state index in [1.54, 1.807) is 30.3 Å². The van der Waals surface area contributed by atoms with E-state index in [-0.39, 0.29) is 17.1 Å². The lowest BCUT2D eigenvalue weighted by atomic mass is 10.0. The molecule has 2 aromatic rings. The van der Waals surface area contributed by atoms with Gasteiger partial charge in [-0.1, -0.05) is 12.1 Å². The molecule has 0 aliphatic heterocycles. The second-order valence-corrected chi connectivity index (χ2v) is 4.86. The minimum Gasteiger partial charge on any atom is -0.504 e. The van der Waals surface area contributed by atoms with Gasteiger partial charge in [0.25, 0.3) is 0 Å². The largest absolute Gasteiger partial charge is 0.504 e. The van der Waals surface area contributed by atoms with Crippen LogP contribution in [-0.2, 0) is 4.79 Å². The summed E-state index contributed by atoms with van der Waals surface area (Å²) >= 11 is 0. The summed E-state index contributed by atoms with van der Waals surface area (Å²) in [5.74, 6) is 0.107. The molecule has 6 nitrogen and oxygen atoms in total. The fraction of sp³-hybridized carbons (Fsp3) is 0.167. The molecule has 0 saturated heterocycles. The number of phenolic OH excluding ortho intramolecular Hbond substituents is 1. The Hall–Kier alpha value is -3.15. The third-order valence-electron chi connectivity index (χ3n) is 3.44. The fourth-order valence-corrected chi connectivity index (χ4v) is 2.22. The van der Waals surface area contributed by atoms with E-state index >= 15 is 0 Å². The first-order valence-corrected chi connectivity index (χ1v) is 7.04. The van der Waals surface area contributed by atoms with Crippen molar-refractivity contribution in [2.45, 2.75) is 0 Å². The van der Waals surface area contributed by atoms with Gasteiger partial charge in [-0.2, -0.15) is 0 Å². The Morgan fingerprint density at radius 1 is 0.917 bits per heavy atom. The maximum Gasteiger partial charge on any atom is 0.336 e. The molecule has 0 atom stereocenters. The molecular formula is C18H18O6. The van der Waals surface area contributed by atoms with Crippen molar-refractivity contribution in [3.63, 3.8) is 0 Å². The summed E-state index contributed by atoms with van der Waals surface area (Å²) in [7, 11) is 4.42. The lowest BCUT2D eigenvalue weighted by Crippen LogP contribution is -2.01. The van der Waals surface area contributed by atoms with Crippen molar-refractivity contribution in [3.05, 3.63) is 47.5 Å². The molecule has 2 N–H and O–H groups in total. The van der Waals surface area contributed by atoms with Crippen molar-refractivity contribution in [2.75, 3.05) is 21.3 Å². The summed E-state index contributed by atoms with van der Waals surface area (Å²) in [6.45, 7) is 0. The van der Waals surface area contributed by atoms with Crippen LogP contribution in [0, 0.1) is 0 Å². The van der Waals surface area contributed by atoms with E-state index in [4.69, 9.17) is 14.2 Å². The molecule has 0 saturated carbocycles. The normalized spacial score (nSPS) is 11.0. The Balaban J connectivity index is 2.52. The van der Waals surface area contributed by atoms with Gasteiger partial charge in [0.2, 0.25) is 0 Å². The number of carboxylic acids is 1. The van der Waals surface area contributed by atoms with Gasteiger partial charge in [-0.15, -0.1) is 0 Å². The number of hydrogen-bond acceptors (Lipinski definition) is 5. The summed E-state index contributed by atoms with van der Waals surface area (Å²) in [6, 6.07) is 9.47. The first-order valence-electron chi connectivity index (χ1n) is 7.04. The lowest BCUT2D eigenvalue weighted by Gasteiger charge is -2.10. The molecule has 0 aliphatic rings. The summed E-state index contributed by atoms with van der Waals surface area (Å²) in [4.78, 5) is 11.7. The zero-order valence-electron chi connectivity index (χ0n) is 13.6. The number of phenols is 1. The number of aromatic hydroxyl groups is 1. The smallest absolute Gasteiger partial charge is 0.336 e. The van der Waals surface area contributed by atoms with Gasteiger partial charge in [-0.3, -0.25) is 0 Å². The van der Waals surface area contributed by atoms with Crippen molar-refractivity contribution >= 4 is 17.6 Å². The molecule has 0 radical (unpaired) electrons. The number of hydrogen-bond donors (Lipinski definition) is 2. The average molecular weight is 330 g/mol. The molecule has 6 heteroatoms. The third kappa shape index (κ3) is 3.60. The van der Waals surface area contributed by atoms with Gasteiger partial charge < -0.3 is 24.4 Å². The zero-order valence-corrected chi connectivity index (χ0v) is 13.6. The number of carboxylic acid groups (broad SMARTS) is 1. The van der Waals surface area contributed by atoms with E-state index in [2.05, 4.69) is 0 Å². The maximum atomic E-state index is 11.7. The molecule has 24 heavy (non-hydrogen) atoms. The SMILES string of the molecule is COc1cc(/C=C(\C(=O)O)c2ccc(OC)c(OC)c2)ccc1O. The van der Waals surface area contributed by atoms with E-state index in [0.29, 0.717) is 22.6 Å². The van der Waals surface area contributed by atoms with Crippen LogP contribution in [0.4, 0.5) is 0 Å². The van der Waals surface area contributed by atoms with Gasteiger partial charge in [-0.25, -0.2) is 4.79 Å². The number of carbonyl (C=O) groups is 1. The molecule has 0 aliphatic carbocycles. The van der Waals surface area contributed by atoms with Gasteiger partial charge in [0.15, 0.2) is 23.0 Å². The van der Waals surface area contributed by atoms with Crippen LogP contribution in [0.5, 0.6) is 23.0 Å². The van der Waals surface area contributed by atoms with Crippen LogP contribution < -0.4 is 14.2 Å².